The summed E-state index contributed by atoms with van der Waals surface area (Å²) in [5.41, 5.74) is 0.799. The second-order valence-electron chi connectivity index (χ2n) is 6.55. The van der Waals surface area contributed by atoms with Gasteiger partial charge in [-0.25, -0.2) is 0 Å². The molecule has 1 aliphatic rings. The number of allylic oxidation sites excluding steroid dienone is 1. The van der Waals surface area contributed by atoms with Gasteiger partial charge in [-0.1, -0.05) is 56.3 Å². The Kier molecular flexibility index (Phi) is 4.87. The lowest BCUT2D eigenvalue weighted by atomic mass is 9.66. The number of amides is 1. The lowest BCUT2D eigenvalue weighted by Gasteiger charge is -2.38. The van der Waals surface area contributed by atoms with Crippen LogP contribution in [0, 0.1) is 17.3 Å². The van der Waals surface area contributed by atoms with Crippen LogP contribution in [0.3, 0.4) is 0 Å². The summed E-state index contributed by atoms with van der Waals surface area (Å²) in [6, 6.07) is 9.52. The topological polar surface area (TPSA) is 29.1 Å². The van der Waals surface area contributed by atoms with Gasteiger partial charge in [0.2, 0.25) is 5.91 Å². The normalized spacial score (nSPS) is 25.0. The van der Waals surface area contributed by atoms with E-state index in [9.17, 15) is 18.0 Å². The van der Waals surface area contributed by atoms with Crippen LogP contribution in [0.5, 0.6) is 0 Å². The van der Waals surface area contributed by atoms with E-state index in [-0.39, 0.29) is 11.8 Å². The first-order chi connectivity index (χ1) is 10.7. The van der Waals surface area contributed by atoms with Crippen LogP contribution in [0.4, 0.5) is 13.2 Å². The van der Waals surface area contributed by atoms with E-state index in [1.165, 1.54) is 5.32 Å². The molecule has 2 unspecified atom stereocenters. The fourth-order valence-electron chi connectivity index (χ4n) is 3.73. The molecule has 126 valence electrons. The average molecular weight is 325 g/mol. The van der Waals surface area contributed by atoms with Gasteiger partial charge in [-0.15, -0.1) is 0 Å². The molecule has 2 rings (SSSR count). The third-order valence-corrected chi connectivity index (χ3v) is 4.97. The van der Waals surface area contributed by atoms with Crippen molar-refractivity contribution in [1.82, 2.24) is 5.32 Å². The first-order valence-electron chi connectivity index (χ1n) is 7.77. The molecule has 2 atom stereocenters. The van der Waals surface area contributed by atoms with Crippen molar-refractivity contribution in [2.45, 2.75) is 39.4 Å². The van der Waals surface area contributed by atoms with Gasteiger partial charge in [-0.3, -0.25) is 10.1 Å². The van der Waals surface area contributed by atoms with Crippen LogP contribution < -0.4 is 5.32 Å². The Morgan fingerprint density at radius 3 is 2.48 bits per heavy atom. The van der Waals surface area contributed by atoms with Crippen molar-refractivity contribution in [2.24, 2.45) is 17.3 Å². The van der Waals surface area contributed by atoms with Crippen molar-refractivity contribution >= 4 is 5.91 Å². The zero-order chi connectivity index (χ0) is 17.3. The Bertz CT molecular complexity index is 580. The second kappa shape index (κ2) is 6.38. The summed E-state index contributed by atoms with van der Waals surface area (Å²) >= 11 is 0. The molecule has 0 spiro atoms. The van der Waals surface area contributed by atoms with Crippen LogP contribution >= 0.6 is 0 Å². The molecule has 1 aliphatic carbocycles. The van der Waals surface area contributed by atoms with Crippen molar-refractivity contribution in [3.63, 3.8) is 0 Å². The molecule has 2 nitrogen and oxygen atoms in total. The molecule has 1 N–H and O–H groups in total. The summed E-state index contributed by atoms with van der Waals surface area (Å²) < 4.78 is 38.1. The van der Waals surface area contributed by atoms with Gasteiger partial charge in [-0.2, -0.15) is 13.2 Å². The van der Waals surface area contributed by atoms with Crippen LogP contribution in [0.1, 0.15) is 32.3 Å². The third kappa shape index (κ3) is 3.59. The number of halogens is 3. The Labute approximate surface area is 134 Å². The molecule has 1 amide bonds. The van der Waals surface area contributed by atoms with E-state index in [0.717, 1.165) is 11.1 Å². The fraction of sp³-hybridized carbons (Fsp3) is 0.500. The second-order valence-corrected chi connectivity index (χ2v) is 6.55. The van der Waals surface area contributed by atoms with Gasteiger partial charge in [0, 0.05) is 0 Å². The van der Waals surface area contributed by atoms with Crippen molar-refractivity contribution in [1.29, 1.82) is 0 Å². The summed E-state index contributed by atoms with van der Waals surface area (Å²) in [6.07, 6.45) is -3.19. The quantitative estimate of drug-likeness (QED) is 0.642. The highest BCUT2D eigenvalue weighted by Crippen LogP contribution is 2.52. The molecule has 0 heterocycles. The Morgan fingerprint density at radius 2 is 1.96 bits per heavy atom. The van der Waals surface area contributed by atoms with Crippen molar-refractivity contribution in [3.8, 4) is 0 Å². The van der Waals surface area contributed by atoms with Gasteiger partial charge in [0.15, 0.2) is 0 Å². The highest BCUT2D eigenvalue weighted by molar-refractivity contribution is 5.84. The largest absolute Gasteiger partial charge is 0.484 e. The molecule has 0 aromatic heterocycles. The lowest BCUT2D eigenvalue weighted by molar-refractivity contribution is -0.179. The van der Waals surface area contributed by atoms with Crippen LogP contribution in [0.15, 0.2) is 42.5 Å². The first-order valence-corrected chi connectivity index (χ1v) is 7.77. The van der Waals surface area contributed by atoms with Gasteiger partial charge >= 0.3 is 6.30 Å². The molecule has 5 heteroatoms. The van der Waals surface area contributed by atoms with Crippen LogP contribution in [0.2, 0.25) is 0 Å². The summed E-state index contributed by atoms with van der Waals surface area (Å²) in [7, 11) is 0. The molecular weight excluding hydrogens is 303 g/mol. The molecule has 1 fully saturated rings. The zero-order valence-corrected chi connectivity index (χ0v) is 13.4. The average Bonchev–Trinajstić information content (AvgIpc) is 2.77. The van der Waals surface area contributed by atoms with E-state index in [4.69, 9.17) is 0 Å². The van der Waals surface area contributed by atoms with E-state index in [1.807, 2.05) is 44.2 Å². The summed E-state index contributed by atoms with van der Waals surface area (Å²) in [5, 5.41) is 1.24. The van der Waals surface area contributed by atoms with Crippen molar-refractivity contribution in [3.05, 3.63) is 48.0 Å². The Hall–Kier alpha value is -1.78. The predicted molar refractivity (Wildman–Crippen MR) is 83.5 cm³/mol. The molecule has 1 aromatic carbocycles. The molecule has 0 bridgehead atoms. The highest BCUT2D eigenvalue weighted by atomic mass is 19.4. The SMILES string of the molecule is C=C1CCC(C(=O)NC(F)(F)F)(C(C)C)C1Cc1ccccc1. The number of alkyl halides is 3. The minimum absolute atomic E-state index is 0.210. The summed E-state index contributed by atoms with van der Waals surface area (Å²) in [4.78, 5) is 12.5. The van der Waals surface area contributed by atoms with E-state index >= 15 is 0 Å². The number of benzene rings is 1. The monoisotopic (exact) mass is 325 g/mol. The van der Waals surface area contributed by atoms with Gasteiger partial charge < -0.3 is 0 Å². The molecule has 0 saturated heterocycles. The van der Waals surface area contributed by atoms with E-state index in [1.54, 1.807) is 0 Å². The van der Waals surface area contributed by atoms with Crippen molar-refractivity contribution in [2.75, 3.05) is 0 Å². The fourth-order valence-corrected chi connectivity index (χ4v) is 3.73. The van der Waals surface area contributed by atoms with Crippen molar-refractivity contribution < 1.29 is 18.0 Å². The van der Waals surface area contributed by atoms with Gasteiger partial charge in [0.25, 0.3) is 0 Å². The number of carbonyl (C=O) groups is 1. The van der Waals surface area contributed by atoms with E-state index in [0.29, 0.717) is 19.3 Å². The van der Waals surface area contributed by atoms with Crippen LogP contribution in [0.25, 0.3) is 0 Å². The zero-order valence-electron chi connectivity index (χ0n) is 13.4. The minimum Gasteiger partial charge on any atom is -0.274 e. The smallest absolute Gasteiger partial charge is 0.274 e. The Morgan fingerprint density at radius 1 is 1.35 bits per heavy atom. The molecule has 23 heavy (non-hydrogen) atoms. The molecule has 0 radical (unpaired) electrons. The number of nitrogens with one attached hydrogen (secondary N) is 1. The Balaban J connectivity index is 2.36. The lowest BCUT2D eigenvalue weighted by Crippen LogP contribution is -2.52. The van der Waals surface area contributed by atoms with Crippen LogP contribution in [-0.2, 0) is 11.2 Å². The minimum atomic E-state index is -4.71. The molecular formula is C18H22F3NO. The predicted octanol–water partition coefficient (Wildman–Crippen LogP) is 4.47. The standard InChI is InChI=1S/C18H22F3NO/c1-12(2)17(16(23)22-18(19,20)21)10-9-13(3)15(17)11-14-7-5-4-6-8-14/h4-8,12,15H,3,9-11H2,1-2H3,(H,22,23). The van der Waals surface area contributed by atoms with Gasteiger partial charge in [0.1, 0.15) is 0 Å². The number of hydrogen-bond acceptors (Lipinski definition) is 1. The number of hydrogen-bond donors (Lipinski definition) is 1. The maximum atomic E-state index is 12.7. The maximum absolute atomic E-state index is 12.7. The van der Waals surface area contributed by atoms with E-state index in [2.05, 4.69) is 6.58 Å². The van der Waals surface area contributed by atoms with Gasteiger partial charge in [-0.05, 0) is 36.7 Å². The van der Waals surface area contributed by atoms with Gasteiger partial charge in [0.05, 0.1) is 5.41 Å². The first kappa shape index (κ1) is 17.6. The molecule has 0 aliphatic heterocycles. The number of rotatable bonds is 4. The van der Waals surface area contributed by atoms with E-state index < -0.39 is 17.6 Å². The summed E-state index contributed by atoms with van der Waals surface area (Å²) in [5.74, 6) is -1.43. The molecule has 1 saturated carbocycles. The molecule has 1 aromatic rings. The summed E-state index contributed by atoms with van der Waals surface area (Å²) in [6.45, 7) is 7.65. The number of carbonyl (C=O) groups excluding carboxylic acids is 1. The maximum Gasteiger partial charge on any atom is 0.484 e. The van der Waals surface area contributed by atoms with Crippen LogP contribution in [-0.4, -0.2) is 12.2 Å². The highest BCUT2D eigenvalue weighted by Gasteiger charge is 2.54. The third-order valence-electron chi connectivity index (χ3n) is 4.97.